The molecule has 3 heterocycles. The number of nitrogens with one attached hydrogen (secondary N) is 1. The van der Waals surface area contributed by atoms with Crippen molar-refractivity contribution in [2.75, 3.05) is 39.4 Å². The lowest BCUT2D eigenvalue weighted by Gasteiger charge is -2.26. The van der Waals surface area contributed by atoms with Crippen LogP contribution in [0.4, 0.5) is 13.2 Å². The number of alkyl halides is 3. The second kappa shape index (κ2) is 15.8. The van der Waals surface area contributed by atoms with Gasteiger partial charge in [-0.25, -0.2) is 0 Å². The van der Waals surface area contributed by atoms with Crippen LogP contribution in [0.2, 0.25) is 10.0 Å². The molecule has 0 saturated carbocycles. The van der Waals surface area contributed by atoms with Crippen LogP contribution in [-0.2, 0) is 42.1 Å². The molecule has 1 aromatic heterocycles. The molecule has 1 fully saturated rings. The Balaban J connectivity index is 1.17. The highest BCUT2D eigenvalue weighted by Crippen LogP contribution is 2.31. The molecule has 6 rings (SSSR count). The lowest BCUT2D eigenvalue weighted by Crippen LogP contribution is -2.40. The van der Waals surface area contributed by atoms with Crippen molar-refractivity contribution >= 4 is 29.1 Å². The van der Waals surface area contributed by atoms with Crippen molar-refractivity contribution < 1.29 is 22.7 Å². The smallest absolute Gasteiger partial charge is 0.379 e. The molecule has 2 aliphatic heterocycles. The third kappa shape index (κ3) is 9.04. The summed E-state index contributed by atoms with van der Waals surface area (Å²) < 4.78 is 47.9. The highest BCUT2D eigenvalue weighted by molar-refractivity contribution is 6.31. The SMILES string of the molecule is O=C(N(Cc1ccc(Cl)cc1)Cc1ccc(C#Cc2cc(-c3nn(CCCN4CCOCC4)c4c3CNCC4)ccc2Cl)cc1)C(F)(F)F. The van der Waals surface area contributed by atoms with Gasteiger partial charge in [-0.15, -0.1) is 0 Å². The van der Waals surface area contributed by atoms with E-state index in [4.69, 9.17) is 33.0 Å². The van der Waals surface area contributed by atoms with Crippen LogP contribution in [0, 0.1) is 11.8 Å². The maximum absolute atomic E-state index is 13.4. The van der Waals surface area contributed by atoms with E-state index in [2.05, 4.69) is 26.7 Å². The van der Waals surface area contributed by atoms with Gasteiger partial charge in [-0.3, -0.25) is 14.4 Å². The fraction of sp³-hybridized carbons (Fsp3) is 0.351. The standard InChI is InChI=1S/C37H36Cl2F3N5O2/c38-31-11-7-28(8-12-31)25-46(36(48)37(40,41)42)24-27-4-2-26(3-5-27)6-9-29-22-30(10-13-33(29)39)35-32-23-43-15-14-34(32)47(44-35)17-1-16-45-18-20-49-21-19-45/h2-5,7-8,10-13,22,43H,1,14-21,23-25H2. The Bertz CT molecular complexity index is 1830. The zero-order valence-corrected chi connectivity index (χ0v) is 28.3. The molecule has 4 aromatic rings. The monoisotopic (exact) mass is 709 g/mol. The molecule has 0 bridgehead atoms. The predicted molar refractivity (Wildman–Crippen MR) is 184 cm³/mol. The number of hydrogen-bond donors (Lipinski definition) is 1. The summed E-state index contributed by atoms with van der Waals surface area (Å²) in [4.78, 5) is 15.5. The van der Waals surface area contributed by atoms with E-state index < -0.39 is 12.1 Å². The number of nitrogens with zero attached hydrogens (tertiary/aromatic N) is 4. The first-order valence-electron chi connectivity index (χ1n) is 16.2. The highest BCUT2D eigenvalue weighted by atomic mass is 35.5. The number of ether oxygens (including phenoxy) is 1. The van der Waals surface area contributed by atoms with Gasteiger partial charge >= 0.3 is 12.1 Å². The average Bonchev–Trinajstić information content (AvgIpc) is 3.47. The zero-order chi connectivity index (χ0) is 34.4. The van der Waals surface area contributed by atoms with E-state index >= 15 is 0 Å². The zero-order valence-electron chi connectivity index (χ0n) is 26.8. The first-order chi connectivity index (χ1) is 23.6. The van der Waals surface area contributed by atoms with E-state index in [9.17, 15) is 18.0 Å². The highest BCUT2D eigenvalue weighted by Gasteiger charge is 2.42. The van der Waals surface area contributed by atoms with Gasteiger partial charge in [-0.2, -0.15) is 18.3 Å². The molecule has 2 aliphatic rings. The molecule has 1 saturated heterocycles. The number of amides is 1. The van der Waals surface area contributed by atoms with Crippen LogP contribution in [0.25, 0.3) is 11.3 Å². The van der Waals surface area contributed by atoms with Gasteiger partial charge in [0.1, 0.15) is 0 Å². The molecule has 1 N–H and O–H groups in total. The molecule has 0 atom stereocenters. The molecule has 0 aliphatic carbocycles. The van der Waals surface area contributed by atoms with Gasteiger partial charge in [0.15, 0.2) is 0 Å². The molecule has 49 heavy (non-hydrogen) atoms. The second-order valence-electron chi connectivity index (χ2n) is 12.2. The fourth-order valence-corrected chi connectivity index (χ4v) is 6.41. The van der Waals surface area contributed by atoms with Gasteiger partial charge in [0.25, 0.3) is 0 Å². The lowest BCUT2D eigenvalue weighted by atomic mass is 10.0. The average molecular weight is 711 g/mol. The predicted octanol–water partition coefficient (Wildman–Crippen LogP) is 6.72. The minimum atomic E-state index is -5.00. The fourth-order valence-electron chi connectivity index (χ4n) is 6.12. The topological polar surface area (TPSA) is 62.6 Å². The van der Waals surface area contributed by atoms with Gasteiger partial charge in [0.2, 0.25) is 0 Å². The molecule has 12 heteroatoms. The Labute approximate surface area is 293 Å². The maximum atomic E-state index is 13.4. The van der Waals surface area contributed by atoms with E-state index in [-0.39, 0.29) is 13.1 Å². The van der Waals surface area contributed by atoms with Crippen LogP contribution in [0.3, 0.4) is 0 Å². The molecule has 0 spiro atoms. The van der Waals surface area contributed by atoms with Crippen LogP contribution in [0.5, 0.6) is 0 Å². The van der Waals surface area contributed by atoms with Crippen molar-refractivity contribution in [3.8, 4) is 23.1 Å². The summed E-state index contributed by atoms with van der Waals surface area (Å²) in [7, 11) is 0. The van der Waals surface area contributed by atoms with E-state index in [0.717, 1.165) is 81.5 Å². The third-order valence-corrected chi connectivity index (χ3v) is 9.26. The first kappa shape index (κ1) is 35.0. The summed E-state index contributed by atoms with van der Waals surface area (Å²) in [5.74, 6) is 4.37. The van der Waals surface area contributed by atoms with Crippen molar-refractivity contribution in [1.29, 1.82) is 0 Å². The van der Waals surface area contributed by atoms with E-state index in [1.165, 1.54) is 11.3 Å². The van der Waals surface area contributed by atoms with Gasteiger partial charge in [-0.1, -0.05) is 65.4 Å². The summed E-state index contributed by atoms with van der Waals surface area (Å²) >= 11 is 12.5. The Kier molecular flexibility index (Phi) is 11.3. The van der Waals surface area contributed by atoms with Crippen LogP contribution in [0.15, 0.2) is 66.7 Å². The molecule has 3 aromatic carbocycles. The number of aryl methyl sites for hydroxylation is 1. The normalized spacial score (nSPS) is 15.0. The number of fused-ring (bicyclic) bond motifs is 1. The Morgan fingerprint density at radius 3 is 2.33 bits per heavy atom. The van der Waals surface area contributed by atoms with Gasteiger partial charge < -0.3 is 15.0 Å². The van der Waals surface area contributed by atoms with Gasteiger partial charge in [0.05, 0.1) is 23.9 Å². The van der Waals surface area contributed by atoms with Crippen molar-refractivity contribution in [2.45, 2.75) is 45.2 Å². The number of aromatic nitrogens is 2. The third-order valence-electron chi connectivity index (χ3n) is 8.68. The molecule has 0 radical (unpaired) electrons. The number of halogens is 5. The Morgan fingerprint density at radius 2 is 1.63 bits per heavy atom. The van der Waals surface area contributed by atoms with Crippen molar-refractivity contribution in [3.05, 3.63) is 110 Å². The Hall–Kier alpha value is -3.85. The van der Waals surface area contributed by atoms with E-state index in [1.54, 1.807) is 48.5 Å². The molecule has 0 unspecified atom stereocenters. The van der Waals surface area contributed by atoms with E-state index in [0.29, 0.717) is 32.3 Å². The van der Waals surface area contributed by atoms with E-state index in [1.807, 2.05) is 18.2 Å². The van der Waals surface area contributed by atoms with Gasteiger partial charge in [0, 0.05) is 91.7 Å². The number of benzene rings is 3. The molecular weight excluding hydrogens is 674 g/mol. The van der Waals surface area contributed by atoms with Crippen molar-refractivity contribution in [2.24, 2.45) is 0 Å². The number of rotatable bonds is 9. The number of morpholine rings is 1. The summed E-state index contributed by atoms with van der Waals surface area (Å²) in [5.41, 5.74) is 6.70. The van der Waals surface area contributed by atoms with Crippen LogP contribution in [0.1, 0.15) is 39.9 Å². The number of carbonyl (C=O) groups is 1. The van der Waals surface area contributed by atoms with Crippen LogP contribution < -0.4 is 5.32 Å². The Morgan fingerprint density at radius 1 is 0.939 bits per heavy atom. The summed E-state index contributed by atoms with van der Waals surface area (Å²) in [6.07, 6.45) is -3.07. The lowest BCUT2D eigenvalue weighted by molar-refractivity contribution is -0.186. The summed E-state index contributed by atoms with van der Waals surface area (Å²) in [5, 5.41) is 9.51. The summed E-state index contributed by atoms with van der Waals surface area (Å²) in [6, 6.07) is 18.9. The second-order valence-corrected chi connectivity index (χ2v) is 13.0. The summed E-state index contributed by atoms with van der Waals surface area (Å²) in [6.45, 7) is 6.61. The molecule has 7 nitrogen and oxygen atoms in total. The molecule has 256 valence electrons. The molecule has 1 amide bonds. The van der Waals surface area contributed by atoms with Crippen LogP contribution in [-0.4, -0.2) is 71.1 Å². The van der Waals surface area contributed by atoms with Gasteiger partial charge in [-0.05, 0) is 53.9 Å². The minimum Gasteiger partial charge on any atom is -0.379 e. The minimum absolute atomic E-state index is 0.210. The van der Waals surface area contributed by atoms with Crippen LogP contribution >= 0.6 is 23.2 Å². The quantitative estimate of drug-likeness (QED) is 0.196. The maximum Gasteiger partial charge on any atom is 0.471 e. The largest absolute Gasteiger partial charge is 0.471 e. The number of carbonyl (C=O) groups excluding carboxylic acids is 1. The van der Waals surface area contributed by atoms with Crippen molar-refractivity contribution in [3.63, 3.8) is 0 Å². The molecular formula is C37H36Cl2F3N5O2. The van der Waals surface area contributed by atoms with Crippen molar-refractivity contribution in [1.82, 2.24) is 24.9 Å². The number of hydrogen-bond acceptors (Lipinski definition) is 5. The first-order valence-corrected chi connectivity index (χ1v) is 17.0.